The Morgan fingerprint density at radius 1 is 0.531 bits per heavy atom. The van der Waals surface area contributed by atoms with E-state index >= 15 is 0 Å². The molecule has 10 nitrogen and oxygen atoms in total. The summed E-state index contributed by atoms with van der Waals surface area (Å²) in [6, 6.07) is 9.71. The molecule has 3 rings (SSSR count). The molecule has 0 saturated carbocycles. The topological polar surface area (TPSA) is 160 Å². The second kappa shape index (κ2) is 8.96. The van der Waals surface area contributed by atoms with Crippen molar-refractivity contribution in [3.8, 4) is 34.5 Å². The van der Waals surface area contributed by atoms with E-state index in [-0.39, 0.29) is 51.2 Å². The van der Waals surface area contributed by atoms with Crippen LogP contribution in [-0.4, -0.2) is 45.4 Å². The van der Waals surface area contributed by atoms with Gasteiger partial charge in [-0.25, -0.2) is 14.4 Å². The predicted octanol–water partition coefficient (Wildman–Crippen LogP) is 2.73. The smallest absolute Gasteiger partial charge is 0.343 e. The molecule has 32 heavy (non-hydrogen) atoms. The number of phenols is 4. The molecule has 0 aliphatic rings. The van der Waals surface area contributed by atoms with Gasteiger partial charge >= 0.3 is 17.9 Å². The molecular weight excluding hydrogens is 424 g/mol. The average Bonchev–Trinajstić information content (AvgIpc) is 2.71. The van der Waals surface area contributed by atoms with Gasteiger partial charge in [0.05, 0.1) is 23.8 Å². The number of aromatic hydroxyl groups is 4. The molecule has 0 aliphatic heterocycles. The molecule has 10 heteroatoms. The lowest BCUT2D eigenvalue weighted by Gasteiger charge is -2.11. The zero-order valence-electron chi connectivity index (χ0n) is 16.4. The third kappa shape index (κ3) is 5.25. The number of phenolic OH excluding ortho intramolecular Hbond substituents is 4. The van der Waals surface area contributed by atoms with Crippen molar-refractivity contribution in [3.05, 3.63) is 71.3 Å². The van der Waals surface area contributed by atoms with E-state index in [2.05, 4.69) is 4.74 Å². The van der Waals surface area contributed by atoms with Gasteiger partial charge < -0.3 is 34.6 Å². The van der Waals surface area contributed by atoms with Crippen LogP contribution in [0, 0.1) is 0 Å². The van der Waals surface area contributed by atoms with Crippen LogP contribution in [0.3, 0.4) is 0 Å². The van der Waals surface area contributed by atoms with Gasteiger partial charge in [-0.05, 0) is 36.4 Å². The summed E-state index contributed by atoms with van der Waals surface area (Å²) < 4.78 is 15.0. The Morgan fingerprint density at radius 3 is 1.22 bits per heavy atom. The number of hydrogen-bond donors (Lipinski definition) is 4. The fraction of sp³-hybridized carbons (Fsp3) is 0.0455. The highest BCUT2D eigenvalue weighted by Gasteiger charge is 2.18. The number of hydrogen-bond acceptors (Lipinski definition) is 10. The van der Waals surface area contributed by atoms with E-state index in [1.54, 1.807) is 0 Å². The van der Waals surface area contributed by atoms with Crippen LogP contribution >= 0.6 is 0 Å². The van der Waals surface area contributed by atoms with Crippen LogP contribution in [0.15, 0.2) is 54.6 Å². The quantitative estimate of drug-likeness (QED) is 0.343. The molecule has 3 aromatic rings. The highest BCUT2D eigenvalue weighted by molar-refractivity contribution is 5.95. The molecule has 0 aromatic heterocycles. The van der Waals surface area contributed by atoms with Crippen LogP contribution in [-0.2, 0) is 4.74 Å². The summed E-state index contributed by atoms with van der Waals surface area (Å²) in [6.45, 7) is 0. The molecule has 0 saturated heterocycles. The summed E-state index contributed by atoms with van der Waals surface area (Å²) >= 11 is 0. The van der Waals surface area contributed by atoms with Crippen molar-refractivity contribution < 1.29 is 49.0 Å². The summed E-state index contributed by atoms with van der Waals surface area (Å²) in [7, 11) is 1.12. The third-order valence-corrected chi connectivity index (χ3v) is 4.00. The summed E-state index contributed by atoms with van der Waals surface area (Å²) in [5.74, 6) is -4.67. The van der Waals surface area contributed by atoms with Gasteiger partial charge in [-0.3, -0.25) is 0 Å². The van der Waals surface area contributed by atoms with E-state index in [1.165, 1.54) is 0 Å². The Morgan fingerprint density at radius 2 is 0.875 bits per heavy atom. The van der Waals surface area contributed by atoms with Crippen molar-refractivity contribution in [2.75, 3.05) is 7.11 Å². The lowest BCUT2D eigenvalue weighted by molar-refractivity contribution is 0.0594. The molecule has 0 spiro atoms. The highest BCUT2D eigenvalue weighted by Crippen LogP contribution is 2.28. The third-order valence-electron chi connectivity index (χ3n) is 4.00. The lowest BCUT2D eigenvalue weighted by atomic mass is 10.1. The molecule has 0 fully saturated rings. The van der Waals surface area contributed by atoms with E-state index in [0.29, 0.717) is 0 Å². The maximum atomic E-state index is 12.4. The van der Waals surface area contributed by atoms with Gasteiger partial charge in [0.15, 0.2) is 0 Å². The van der Waals surface area contributed by atoms with Crippen molar-refractivity contribution in [2.45, 2.75) is 0 Å². The normalized spacial score (nSPS) is 10.3. The maximum absolute atomic E-state index is 12.4. The van der Waals surface area contributed by atoms with Crippen molar-refractivity contribution in [3.63, 3.8) is 0 Å². The lowest BCUT2D eigenvalue weighted by Crippen LogP contribution is -2.12. The van der Waals surface area contributed by atoms with Crippen LogP contribution in [0.4, 0.5) is 0 Å². The van der Waals surface area contributed by atoms with Gasteiger partial charge in [-0.1, -0.05) is 0 Å². The first-order valence-corrected chi connectivity index (χ1v) is 8.88. The van der Waals surface area contributed by atoms with E-state index < -0.39 is 17.9 Å². The molecule has 0 radical (unpaired) electrons. The van der Waals surface area contributed by atoms with Gasteiger partial charge in [0, 0.05) is 18.2 Å². The number of ether oxygens (including phenoxy) is 3. The number of carbonyl (C=O) groups excluding carboxylic acids is 3. The molecule has 0 bridgehead atoms. The first-order chi connectivity index (χ1) is 15.1. The molecule has 0 atom stereocenters. The molecular formula is C22H16O10. The monoisotopic (exact) mass is 440 g/mol. The van der Waals surface area contributed by atoms with Gasteiger partial charge in [0.25, 0.3) is 0 Å². The van der Waals surface area contributed by atoms with Gasteiger partial charge in [0.1, 0.15) is 34.5 Å². The summed E-state index contributed by atoms with van der Waals surface area (Å²) in [6.07, 6.45) is 0. The summed E-state index contributed by atoms with van der Waals surface area (Å²) in [5, 5.41) is 38.1. The standard InChI is InChI=1S/C22H16O10/c1-30-20(27)13-6-18(31-21(28)11-2-14(23)8-15(24)3-11)10-19(7-13)32-22(29)12-4-16(25)9-17(26)5-12/h2-10,23-26H,1H3. The zero-order chi connectivity index (χ0) is 23.4. The Balaban J connectivity index is 1.91. The molecule has 3 aromatic carbocycles. The maximum Gasteiger partial charge on any atom is 0.343 e. The first kappa shape index (κ1) is 22.0. The Labute approximate surface area is 180 Å². The number of carbonyl (C=O) groups is 3. The summed E-state index contributed by atoms with van der Waals surface area (Å²) in [4.78, 5) is 36.7. The molecule has 0 unspecified atom stereocenters. The van der Waals surface area contributed by atoms with Gasteiger partial charge in [0.2, 0.25) is 0 Å². The Kier molecular flexibility index (Phi) is 6.15. The predicted molar refractivity (Wildman–Crippen MR) is 107 cm³/mol. The summed E-state index contributed by atoms with van der Waals surface area (Å²) in [5.41, 5.74) is -0.474. The second-order valence-electron chi connectivity index (χ2n) is 6.44. The fourth-order valence-corrected chi connectivity index (χ4v) is 2.68. The fourth-order valence-electron chi connectivity index (χ4n) is 2.68. The van der Waals surface area contributed by atoms with Gasteiger partial charge in [-0.2, -0.15) is 0 Å². The molecule has 0 aliphatic carbocycles. The highest BCUT2D eigenvalue weighted by atomic mass is 16.5. The van der Waals surface area contributed by atoms with Crippen LogP contribution < -0.4 is 9.47 Å². The van der Waals surface area contributed by atoms with E-state index in [1.807, 2.05) is 0 Å². The number of benzene rings is 3. The largest absolute Gasteiger partial charge is 0.508 e. The second-order valence-corrected chi connectivity index (χ2v) is 6.44. The minimum atomic E-state index is -0.978. The molecule has 4 N–H and O–H groups in total. The van der Waals surface area contributed by atoms with E-state index in [9.17, 15) is 34.8 Å². The minimum Gasteiger partial charge on any atom is -0.508 e. The van der Waals surface area contributed by atoms with Gasteiger partial charge in [-0.15, -0.1) is 0 Å². The van der Waals surface area contributed by atoms with Crippen LogP contribution in [0.1, 0.15) is 31.1 Å². The zero-order valence-corrected chi connectivity index (χ0v) is 16.4. The van der Waals surface area contributed by atoms with Crippen molar-refractivity contribution >= 4 is 17.9 Å². The van der Waals surface area contributed by atoms with E-state index in [4.69, 9.17) is 9.47 Å². The van der Waals surface area contributed by atoms with E-state index in [0.717, 1.165) is 61.7 Å². The number of esters is 3. The molecule has 0 amide bonds. The Hall–Kier alpha value is -4.73. The first-order valence-electron chi connectivity index (χ1n) is 8.88. The van der Waals surface area contributed by atoms with Crippen LogP contribution in [0.5, 0.6) is 34.5 Å². The minimum absolute atomic E-state index is 0.113. The van der Waals surface area contributed by atoms with Crippen molar-refractivity contribution in [2.24, 2.45) is 0 Å². The molecule has 164 valence electrons. The number of methoxy groups -OCH3 is 1. The van der Waals surface area contributed by atoms with Crippen LogP contribution in [0.25, 0.3) is 0 Å². The number of rotatable bonds is 5. The van der Waals surface area contributed by atoms with Crippen molar-refractivity contribution in [1.29, 1.82) is 0 Å². The van der Waals surface area contributed by atoms with Crippen molar-refractivity contribution in [1.82, 2.24) is 0 Å². The SMILES string of the molecule is COC(=O)c1cc(OC(=O)c2cc(O)cc(O)c2)cc(OC(=O)c2cc(O)cc(O)c2)c1. The molecule has 0 heterocycles. The van der Waals surface area contributed by atoms with Crippen LogP contribution in [0.2, 0.25) is 0 Å². The average molecular weight is 440 g/mol. The Bertz CT molecular complexity index is 1090.